The first-order valence-electron chi connectivity index (χ1n) is 8.81. The van der Waals surface area contributed by atoms with Crippen LogP contribution in [0.2, 0.25) is 0 Å². The third kappa shape index (κ3) is 3.27. The van der Waals surface area contributed by atoms with Gasteiger partial charge >= 0.3 is 0 Å². The molecule has 1 aromatic carbocycles. The highest BCUT2D eigenvalue weighted by atomic mass is 16.2. The Bertz CT molecular complexity index is 896. The van der Waals surface area contributed by atoms with Crippen LogP contribution in [0.3, 0.4) is 0 Å². The van der Waals surface area contributed by atoms with E-state index in [1.165, 1.54) is 16.3 Å². The molecule has 0 spiro atoms. The maximum Gasteiger partial charge on any atom is 0.274 e. The minimum Gasteiger partial charge on any atom is -0.337 e. The van der Waals surface area contributed by atoms with Crippen LogP contribution in [-0.2, 0) is 13.5 Å². The first-order valence-corrected chi connectivity index (χ1v) is 8.81. The Labute approximate surface area is 147 Å². The first kappa shape index (κ1) is 15.8. The van der Waals surface area contributed by atoms with Gasteiger partial charge in [-0.05, 0) is 42.2 Å². The summed E-state index contributed by atoms with van der Waals surface area (Å²) in [5, 5.41) is 6.70. The van der Waals surface area contributed by atoms with Crippen LogP contribution in [0, 0.1) is 5.92 Å². The lowest BCUT2D eigenvalue weighted by Crippen LogP contribution is -2.40. The molecule has 1 atom stereocenters. The Kier molecular flexibility index (Phi) is 4.22. The average Bonchev–Trinajstić information content (AvgIpc) is 3.08. The molecule has 3 aromatic rings. The third-order valence-electron chi connectivity index (χ3n) is 5.00. The molecular weight excluding hydrogens is 312 g/mol. The lowest BCUT2D eigenvalue weighted by atomic mass is 9.90. The molecule has 1 fully saturated rings. The van der Waals surface area contributed by atoms with Crippen LogP contribution in [-0.4, -0.2) is 38.7 Å². The summed E-state index contributed by atoms with van der Waals surface area (Å²) in [6.07, 6.45) is 8.85. The molecule has 3 heterocycles. The summed E-state index contributed by atoms with van der Waals surface area (Å²) in [4.78, 5) is 19.0. The van der Waals surface area contributed by atoms with E-state index in [0.717, 1.165) is 32.4 Å². The third-order valence-corrected chi connectivity index (χ3v) is 5.00. The fourth-order valence-electron chi connectivity index (χ4n) is 3.76. The molecule has 1 unspecified atom stereocenters. The number of carbonyl (C=O) groups excluding carboxylic acids is 1. The Morgan fingerprint density at radius 2 is 2.12 bits per heavy atom. The second-order valence-corrected chi connectivity index (χ2v) is 6.86. The number of pyridine rings is 1. The van der Waals surface area contributed by atoms with Crippen molar-refractivity contribution in [1.82, 2.24) is 19.7 Å². The molecule has 0 aliphatic carbocycles. The molecule has 0 saturated carbocycles. The van der Waals surface area contributed by atoms with Crippen molar-refractivity contribution < 1.29 is 4.79 Å². The van der Waals surface area contributed by atoms with Gasteiger partial charge in [0.1, 0.15) is 5.69 Å². The Hall–Kier alpha value is -2.69. The van der Waals surface area contributed by atoms with Crippen molar-refractivity contribution in [1.29, 1.82) is 0 Å². The summed E-state index contributed by atoms with van der Waals surface area (Å²) in [5.74, 6) is 0.510. The first-order chi connectivity index (χ1) is 12.2. The van der Waals surface area contributed by atoms with Crippen molar-refractivity contribution in [3.63, 3.8) is 0 Å². The smallest absolute Gasteiger partial charge is 0.274 e. The number of benzene rings is 1. The van der Waals surface area contributed by atoms with Gasteiger partial charge in [-0.2, -0.15) is 5.10 Å². The molecule has 0 N–H and O–H groups in total. The van der Waals surface area contributed by atoms with Gasteiger partial charge in [-0.15, -0.1) is 0 Å². The van der Waals surface area contributed by atoms with Crippen LogP contribution in [0.15, 0.2) is 48.9 Å². The van der Waals surface area contributed by atoms with Crippen molar-refractivity contribution in [2.75, 3.05) is 13.1 Å². The maximum absolute atomic E-state index is 12.7. The normalized spacial score (nSPS) is 17.8. The zero-order chi connectivity index (χ0) is 17.2. The summed E-state index contributed by atoms with van der Waals surface area (Å²) >= 11 is 0. The van der Waals surface area contributed by atoms with Crippen LogP contribution in [0.25, 0.3) is 10.8 Å². The monoisotopic (exact) mass is 334 g/mol. The van der Waals surface area contributed by atoms with Crippen LogP contribution in [0.5, 0.6) is 0 Å². The molecule has 5 nitrogen and oxygen atoms in total. The zero-order valence-corrected chi connectivity index (χ0v) is 14.4. The molecule has 5 heteroatoms. The number of hydrogen-bond donors (Lipinski definition) is 0. The van der Waals surface area contributed by atoms with E-state index in [1.54, 1.807) is 10.7 Å². The van der Waals surface area contributed by atoms with Gasteiger partial charge in [0, 0.05) is 44.1 Å². The van der Waals surface area contributed by atoms with Crippen LogP contribution in [0.4, 0.5) is 0 Å². The lowest BCUT2D eigenvalue weighted by Gasteiger charge is -2.32. The molecule has 0 bridgehead atoms. The van der Waals surface area contributed by atoms with E-state index in [1.807, 2.05) is 36.6 Å². The van der Waals surface area contributed by atoms with Crippen LogP contribution < -0.4 is 0 Å². The van der Waals surface area contributed by atoms with Gasteiger partial charge in [0.2, 0.25) is 0 Å². The van der Waals surface area contributed by atoms with E-state index in [2.05, 4.69) is 28.3 Å². The van der Waals surface area contributed by atoms with E-state index >= 15 is 0 Å². The maximum atomic E-state index is 12.7. The SMILES string of the molecule is Cn1ccc(C(=O)N2CCCC(Cc3cncc4ccccc34)C2)n1. The molecule has 1 amide bonds. The zero-order valence-electron chi connectivity index (χ0n) is 14.4. The fraction of sp³-hybridized carbons (Fsp3) is 0.350. The van der Waals surface area contributed by atoms with E-state index in [9.17, 15) is 4.79 Å². The quantitative estimate of drug-likeness (QED) is 0.740. The Balaban J connectivity index is 1.50. The number of likely N-dealkylation sites (tertiary alicyclic amines) is 1. The molecule has 1 saturated heterocycles. The highest BCUT2D eigenvalue weighted by molar-refractivity contribution is 5.92. The minimum atomic E-state index is 0.0429. The molecule has 0 radical (unpaired) electrons. The number of aromatic nitrogens is 3. The number of carbonyl (C=O) groups is 1. The molecule has 2 aromatic heterocycles. The Morgan fingerprint density at radius 3 is 2.96 bits per heavy atom. The second kappa shape index (κ2) is 6.67. The van der Waals surface area contributed by atoms with Gasteiger partial charge in [-0.25, -0.2) is 0 Å². The largest absolute Gasteiger partial charge is 0.337 e. The molecule has 1 aliphatic rings. The fourth-order valence-corrected chi connectivity index (χ4v) is 3.76. The number of piperidine rings is 1. The number of amides is 1. The molecular formula is C20H22N4O. The highest BCUT2D eigenvalue weighted by Gasteiger charge is 2.26. The minimum absolute atomic E-state index is 0.0429. The summed E-state index contributed by atoms with van der Waals surface area (Å²) in [6.45, 7) is 1.61. The van der Waals surface area contributed by atoms with Crippen molar-refractivity contribution in [2.45, 2.75) is 19.3 Å². The molecule has 25 heavy (non-hydrogen) atoms. The number of rotatable bonds is 3. The number of nitrogens with zero attached hydrogens (tertiary/aromatic N) is 4. The summed E-state index contributed by atoms with van der Waals surface area (Å²) in [7, 11) is 1.84. The van der Waals surface area contributed by atoms with Crippen LogP contribution in [0.1, 0.15) is 28.9 Å². The predicted octanol–water partition coefficient (Wildman–Crippen LogP) is 3.06. The number of hydrogen-bond acceptors (Lipinski definition) is 3. The van der Waals surface area contributed by atoms with Crippen molar-refractivity contribution in [3.8, 4) is 0 Å². The van der Waals surface area contributed by atoms with Gasteiger partial charge in [-0.1, -0.05) is 24.3 Å². The topological polar surface area (TPSA) is 51.0 Å². The summed E-state index contributed by atoms with van der Waals surface area (Å²) in [5.41, 5.74) is 1.81. The van der Waals surface area contributed by atoms with Crippen LogP contribution >= 0.6 is 0 Å². The second-order valence-electron chi connectivity index (χ2n) is 6.86. The molecule has 4 rings (SSSR count). The lowest BCUT2D eigenvalue weighted by molar-refractivity contribution is 0.0666. The van der Waals surface area contributed by atoms with Gasteiger partial charge in [0.15, 0.2) is 0 Å². The van der Waals surface area contributed by atoms with E-state index in [-0.39, 0.29) is 5.91 Å². The summed E-state index contributed by atoms with van der Waals surface area (Å²) in [6, 6.07) is 10.2. The van der Waals surface area contributed by atoms with Gasteiger partial charge in [0.05, 0.1) is 0 Å². The van der Waals surface area contributed by atoms with Gasteiger partial charge in [0.25, 0.3) is 5.91 Å². The Morgan fingerprint density at radius 1 is 1.24 bits per heavy atom. The standard InChI is InChI=1S/C20H22N4O/c1-23-10-8-19(22-23)20(25)24-9-4-5-15(14-24)11-17-13-21-12-16-6-2-3-7-18(16)17/h2-3,6-8,10,12-13,15H,4-5,9,11,14H2,1H3. The predicted molar refractivity (Wildman–Crippen MR) is 97.3 cm³/mol. The average molecular weight is 334 g/mol. The van der Waals surface area contributed by atoms with Crippen molar-refractivity contribution >= 4 is 16.7 Å². The highest BCUT2D eigenvalue weighted by Crippen LogP contribution is 2.25. The van der Waals surface area contributed by atoms with Gasteiger partial charge < -0.3 is 4.90 Å². The van der Waals surface area contributed by atoms with Gasteiger partial charge in [-0.3, -0.25) is 14.5 Å². The van der Waals surface area contributed by atoms with E-state index in [0.29, 0.717) is 11.6 Å². The van der Waals surface area contributed by atoms with E-state index in [4.69, 9.17) is 0 Å². The molecule has 1 aliphatic heterocycles. The summed E-state index contributed by atoms with van der Waals surface area (Å²) < 4.78 is 1.68. The van der Waals surface area contributed by atoms with Crippen molar-refractivity contribution in [3.05, 3.63) is 60.2 Å². The number of fused-ring (bicyclic) bond motifs is 1. The van der Waals surface area contributed by atoms with Crippen molar-refractivity contribution in [2.24, 2.45) is 13.0 Å². The molecule has 128 valence electrons. The van der Waals surface area contributed by atoms with E-state index < -0.39 is 0 Å². The number of aryl methyl sites for hydroxylation is 1.